The van der Waals surface area contributed by atoms with Gasteiger partial charge in [0.1, 0.15) is 5.78 Å². The van der Waals surface area contributed by atoms with Crippen molar-refractivity contribution in [3.05, 3.63) is 0 Å². The van der Waals surface area contributed by atoms with E-state index in [1.54, 1.807) is 6.92 Å². The summed E-state index contributed by atoms with van der Waals surface area (Å²) < 4.78 is 0. The van der Waals surface area contributed by atoms with Gasteiger partial charge in [-0.3, -0.25) is 4.99 Å². The van der Waals surface area contributed by atoms with Crippen LogP contribution >= 0.6 is 0 Å². The minimum absolute atomic E-state index is 0.245. The Morgan fingerprint density at radius 2 is 1.83 bits per heavy atom. The Morgan fingerprint density at radius 1 is 1.25 bits per heavy atom. The molecule has 2 nitrogen and oxygen atoms in total. The number of rotatable bonds is 5. The number of nitrogens with zero attached hydrogens (tertiary/aromatic N) is 1. The Hall–Kier alpha value is -0.660. The number of ketones is 1. The van der Waals surface area contributed by atoms with Crippen molar-refractivity contribution in [3.63, 3.8) is 0 Å². The van der Waals surface area contributed by atoms with E-state index < -0.39 is 0 Å². The molecule has 0 bridgehead atoms. The molecule has 0 radical (unpaired) electrons. The molecule has 0 unspecified atom stereocenters. The molecule has 0 N–H and O–H groups in total. The lowest BCUT2D eigenvalue weighted by Crippen LogP contribution is -2.01. The second-order valence-electron chi connectivity index (χ2n) is 3.67. The van der Waals surface area contributed by atoms with Crippen molar-refractivity contribution in [2.24, 2.45) is 10.9 Å². The van der Waals surface area contributed by atoms with E-state index in [2.05, 4.69) is 18.8 Å². The van der Waals surface area contributed by atoms with E-state index in [0.29, 0.717) is 12.3 Å². The lowest BCUT2D eigenvalue weighted by molar-refractivity contribution is -0.116. The summed E-state index contributed by atoms with van der Waals surface area (Å²) in [5.41, 5.74) is 1.10. The summed E-state index contributed by atoms with van der Waals surface area (Å²) >= 11 is 0. The Morgan fingerprint density at radius 3 is 2.25 bits per heavy atom. The topological polar surface area (TPSA) is 29.4 Å². The van der Waals surface area contributed by atoms with Crippen LogP contribution in [0.25, 0.3) is 0 Å². The molecule has 0 spiro atoms. The molecule has 12 heavy (non-hydrogen) atoms. The summed E-state index contributed by atoms with van der Waals surface area (Å²) in [4.78, 5) is 15.0. The Bertz CT molecular complexity index is 171. The van der Waals surface area contributed by atoms with Gasteiger partial charge >= 0.3 is 0 Å². The van der Waals surface area contributed by atoms with Crippen LogP contribution in [0, 0.1) is 5.92 Å². The molecule has 0 aromatic carbocycles. The van der Waals surface area contributed by atoms with Crippen molar-refractivity contribution in [1.82, 2.24) is 0 Å². The molecular formula is C10H19NO. The Labute approximate surface area is 75.1 Å². The molecule has 0 rings (SSSR count). The van der Waals surface area contributed by atoms with Crippen molar-refractivity contribution >= 4 is 11.5 Å². The zero-order valence-electron chi connectivity index (χ0n) is 8.55. The number of carbonyl (C=O) groups is 1. The van der Waals surface area contributed by atoms with Gasteiger partial charge in [-0.1, -0.05) is 13.8 Å². The van der Waals surface area contributed by atoms with Crippen molar-refractivity contribution in [1.29, 1.82) is 0 Å². The monoisotopic (exact) mass is 169 g/mol. The fraction of sp³-hybridized carbons (Fsp3) is 0.800. The minimum atomic E-state index is 0.245. The van der Waals surface area contributed by atoms with Crippen LogP contribution < -0.4 is 0 Å². The highest BCUT2D eigenvalue weighted by Crippen LogP contribution is 1.97. The van der Waals surface area contributed by atoms with Crippen LogP contribution in [0.4, 0.5) is 0 Å². The van der Waals surface area contributed by atoms with Crippen molar-refractivity contribution in [2.75, 3.05) is 6.54 Å². The number of carbonyl (C=O) groups excluding carboxylic acids is 1. The number of aliphatic imine (C=N–C) groups is 1. The van der Waals surface area contributed by atoms with E-state index in [1.807, 2.05) is 6.92 Å². The summed E-state index contributed by atoms with van der Waals surface area (Å²) in [6.07, 6.45) is 1.45. The molecule has 0 saturated carbocycles. The highest BCUT2D eigenvalue weighted by molar-refractivity contribution is 5.86. The third-order valence-corrected chi connectivity index (χ3v) is 1.57. The fourth-order valence-electron chi connectivity index (χ4n) is 0.774. The van der Waals surface area contributed by atoms with Crippen LogP contribution in [-0.4, -0.2) is 18.0 Å². The van der Waals surface area contributed by atoms with E-state index in [9.17, 15) is 4.79 Å². The molecule has 2 heteroatoms. The molecule has 0 saturated heterocycles. The summed E-state index contributed by atoms with van der Waals surface area (Å²) in [6.45, 7) is 8.77. The van der Waals surface area contributed by atoms with Gasteiger partial charge in [-0.25, -0.2) is 0 Å². The molecule has 70 valence electrons. The standard InChI is InChI=1S/C10H19NO/c1-8(2)7-11-9(3)5-6-10(4)12/h8H,5-7H2,1-4H3. The average Bonchev–Trinajstić information content (AvgIpc) is 1.96. The maximum atomic E-state index is 10.6. The Kier molecular flexibility index (Phi) is 5.60. The maximum absolute atomic E-state index is 10.6. The van der Waals surface area contributed by atoms with Gasteiger partial charge in [0, 0.05) is 18.7 Å². The molecule has 0 atom stereocenters. The normalized spacial score (nSPS) is 12.2. The largest absolute Gasteiger partial charge is 0.300 e. The first-order chi connectivity index (χ1) is 5.52. The van der Waals surface area contributed by atoms with Gasteiger partial charge < -0.3 is 4.79 Å². The second kappa shape index (κ2) is 5.92. The quantitative estimate of drug-likeness (QED) is 0.581. The molecule has 0 fully saturated rings. The molecule has 0 heterocycles. The van der Waals surface area contributed by atoms with Gasteiger partial charge in [-0.2, -0.15) is 0 Å². The zero-order chi connectivity index (χ0) is 9.56. The van der Waals surface area contributed by atoms with E-state index in [0.717, 1.165) is 18.7 Å². The van der Waals surface area contributed by atoms with E-state index in [-0.39, 0.29) is 5.78 Å². The van der Waals surface area contributed by atoms with Gasteiger partial charge in [0.25, 0.3) is 0 Å². The van der Waals surface area contributed by atoms with E-state index >= 15 is 0 Å². The van der Waals surface area contributed by atoms with Gasteiger partial charge in [-0.05, 0) is 26.2 Å². The summed E-state index contributed by atoms with van der Waals surface area (Å²) in [6, 6.07) is 0. The second-order valence-corrected chi connectivity index (χ2v) is 3.67. The van der Waals surface area contributed by atoms with Gasteiger partial charge in [0.15, 0.2) is 0 Å². The van der Waals surface area contributed by atoms with Crippen LogP contribution in [0.3, 0.4) is 0 Å². The molecule has 0 aromatic heterocycles. The number of hydrogen-bond donors (Lipinski definition) is 0. The lowest BCUT2D eigenvalue weighted by atomic mass is 10.2. The first-order valence-electron chi connectivity index (χ1n) is 4.51. The predicted molar refractivity (Wildman–Crippen MR) is 52.7 cm³/mol. The third kappa shape index (κ3) is 7.45. The fourth-order valence-corrected chi connectivity index (χ4v) is 0.774. The molecule has 0 aliphatic heterocycles. The first-order valence-corrected chi connectivity index (χ1v) is 4.51. The zero-order valence-corrected chi connectivity index (χ0v) is 8.55. The summed E-state index contributed by atoms with van der Waals surface area (Å²) in [5.74, 6) is 0.853. The van der Waals surface area contributed by atoms with Crippen LogP contribution in [0.5, 0.6) is 0 Å². The maximum Gasteiger partial charge on any atom is 0.130 e. The van der Waals surface area contributed by atoms with Crippen LogP contribution in [-0.2, 0) is 4.79 Å². The highest BCUT2D eigenvalue weighted by Gasteiger charge is 1.96. The smallest absolute Gasteiger partial charge is 0.130 e. The number of Topliss-reactive ketones (excluding diaryl/α,β-unsaturated/α-hetero) is 1. The van der Waals surface area contributed by atoms with Crippen molar-refractivity contribution in [3.8, 4) is 0 Å². The molecule has 0 aromatic rings. The molecule has 0 aliphatic carbocycles. The lowest BCUT2D eigenvalue weighted by Gasteiger charge is -2.01. The van der Waals surface area contributed by atoms with E-state index in [1.165, 1.54) is 0 Å². The van der Waals surface area contributed by atoms with Crippen molar-refractivity contribution in [2.45, 2.75) is 40.5 Å². The minimum Gasteiger partial charge on any atom is -0.300 e. The molecular weight excluding hydrogens is 150 g/mol. The predicted octanol–water partition coefficient (Wildman–Crippen LogP) is 2.47. The van der Waals surface area contributed by atoms with Crippen LogP contribution in [0.1, 0.15) is 40.5 Å². The van der Waals surface area contributed by atoms with Gasteiger partial charge in [0.2, 0.25) is 0 Å². The number of hydrogen-bond acceptors (Lipinski definition) is 2. The third-order valence-electron chi connectivity index (χ3n) is 1.57. The van der Waals surface area contributed by atoms with Gasteiger partial charge in [0.05, 0.1) is 0 Å². The van der Waals surface area contributed by atoms with E-state index in [4.69, 9.17) is 0 Å². The highest BCUT2D eigenvalue weighted by atomic mass is 16.1. The molecule has 0 amide bonds. The van der Waals surface area contributed by atoms with Gasteiger partial charge in [-0.15, -0.1) is 0 Å². The summed E-state index contributed by atoms with van der Waals surface area (Å²) in [5, 5.41) is 0. The Balaban J connectivity index is 3.63. The average molecular weight is 169 g/mol. The molecule has 0 aliphatic rings. The van der Waals surface area contributed by atoms with Crippen LogP contribution in [0.15, 0.2) is 4.99 Å². The summed E-state index contributed by atoms with van der Waals surface area (Å²) in [7, 11) is 0. The van der Waals surface area contributed by atoms with Crippen LogP contribution in [0.2, 0.25) is 0 Å². The van der Waals surface area contributed by atoms with Crippen molar-refractivity contribution < 1.29 is 4.79 Å². The first kappa shape index (κ1) is 11.3. The SMILES string of the molecule is CC(=O)CCC(C)=NCC(C)C.